The van der Waals surface area contributed by atoms with Crippen LogP contribution in [0.5, 0.6) is 0 Å². The van der Waals surface area contributed by atoms with Gasteiger partial charge in [0.15, 0.2) is 5.76 Å². The molecule has 0 saturated carbocycles. The first kappa shape index (κ1) is 22.8. The maximum absolute atomic E-state index is 13.3. The van der Waals surface area contributed by atoms with E-state index >= 15 is 0 Å². The van der Waals surface area contributed by atoms with Crippen molar-refractivity contribution in [3.8, 4) is 0 Å². The van der Waals surface area contributed by atoms with Gasteiger partial charge < -0.3 is 9.73 Å². The maximum atomic E-state index is 13.3. The number of rotatable bonds is 4. The Morgan fingerprint density at radius 2 is 1.78 bits per heavy atom. The second kappa shape index (κ2) is 8.54. The number of anilines is 1. The van der Waals surface area contributed by atoms with Crippen molar-refractivity contribution in [3.05, 3.63) is 58.3 Å². The minimum Gasteiger partial charge on any atom is -0.451 e. The first-order valence-electron chi connectivity index (χ1n) is 10.7. The van der Waals surface area contributed by atoms with Crippen LogP contribution < -0.4 is 5.32 Å². The Balaban J connectivity index is 1.66. The molecule has 2 atom stereocenters. The van der Waals surface area contributed by atoms with Gasteiger partial charge in [-0.2, -0.15) is 4.31 Å². The predicted octanol–water partition coefficient (Wildman–Crippen LogP) is 5.62. The summed E-state index contributed by atoms with van der Waals surface area (Å²) in [4.78, 5) is 13.1. The SMILES string of the molecule is Cc1ccc(Cl)cc1NC(=O)c1oc2ccc(S(=O)(=O)N3CC(C)CC(C)C3)cc2c1C. The van der Waals surface area contributed by atoms with Crippen LogP contribution >= 0.6 is 11.6 Å². The van der Waals surface area contributed by atoms with Gasteiger partial charge in [0.2, 0.25) is 10.0 Å². The van der Waals surface area contributed by atoms with Gasteiger partial charge >= 0.3 is 0 Å². The van der Waals surface area contributed by atoms with E-state index in [1.807, 2.05) is 13.0 Å². The van der Waals surface area contributed by atoms with E-state index in [9.17, 15) is 13.2 Å². The highest BCUT2D eigenvalue weighted by Gasteiger charge is 2.32. The van der Waals surface area contributed by atoms with Crippen molar-refractivity contribution in [2.45, 2.75) is 39.0 Å². The molecule has 8 heteroatoms. The van der Waals surface area contributed by atoms with Crippen LogP contribution in [0.15, 0.2) is 45.7 Å². The number of carbonyl (C=O) groups is 1. The number of sulfonamides is 1. The van der Waals surface area contributed by atoms with Gasteiger partial charge in [-0.3, -0.25) is 4.79 Å². The van der Waals surface area contributed by atoms with Gasteiger partial charge in [-0.1, -0.05) is 31.5 Å². The number of nitrogens with one attached hydrogen (secondary N) is 1. The minimum absolute atomic E-state index is 0.147. The van der Waals surface area contributed by atoms with Crippen LogP contribution in [-0.4, -0.2) is 31.7 Å². The van der Waals surface area contributed by atoms with Crippen LogP contribution in [-0.2, 0) is 10.0 Å². The molecule has 1 amide bonds. The summed E-state index contributed by atoms with van der Waals surface area (Å²) in [6.07, 6.45) is 1.02. The van der Waals surface area contributed by atoms with Gasteiger partial charge in [-0.25, -0.2) is 8.42 Å². The van der Waals surface area contributed by atoms with Crippen LogP contribution in [0.1, 0.15) is 41.9 Å². The molecule has 3 aromatic rings. The fraction of sp³-hybridized carbons (Fsp3) is 0.375. The van der Waals surface area contributed by atoms with E-state index in [1.54, 1.807) is 41.6 Å². The van der Waals surface area contributed by atoms with Crippen LogP contribution in [0.3, 0.4) is 0 Å². The summed E-state index contributed by atoms with van der Waals surface area (Å²) in [5, 5.41) is 3.96. The molecule has 4 rings (SSSR count). The average molecular weight is 475 g/mol. The average Bonchev–Trinajstić information content (AvgIpc) is 3.06. The number of halogens is 1. The number of furan rings is 1. The molecule has 1 aliphatic heterocycles. The summed E-state index contributed by atoms with van der Waals surface area (Å²) in [5.41, 5.74) is 2.53. The van der Waals surface area contributed by atoms with Gasteiger partial charge in [0, 0.05) is 34.7 Å². The summed E-state index contributed by atoms with van der Waals surface area (Å²) in [6.45, 7) is 8.82. The van der Waals surface area contributed by atoms with Crippen LogP contribution in [0, 0.1) is 25.7 Å². The molecule has 2 unspecified atom stereocenters. The number of piperidine rings is 1. The zero-order chi connectivity index (χ0) is 23.2. The van der Waals surface area contributed by atoms with Gasteiger partial charge in [-0.15, -0.1) is 0 Å². The number of hydrogen-bond donors (Lipinski definition) is 1. The highest BCUT2D eigenvalue weighted by atomic mass is 35.5. The van der Waals surface area contributed by atoms with Gasteiger partial charge in [0.1, 0.15) is 5.58 Å². The van der Waals surface area contributed by atoms with Crippen molar-refractivity contribution in [3.63, 3.8) is 0 Å². The topological polar surface area (TPSA) is 79.6 Å². The Hall–Kier alpha value is -2.35. The fourth-order valence-electron chi connectivity index (χ4n) is 4.44. The first-order valence-corrected chi connectivity index (χ1v) is 12.5. The maximum Gasteiger partial charge on any atom is 0.291 e. The normalized spacial score (nSPS) is 19.9. The molecule has 2 aromatic carbocycles. The second-order valence-corrected chi connectivity index (χ2v) is 11.3. The van der Waals surface area contributed by atoms with Crippen molar-refractivity contribution in [1.82, 2.24) is 4.31 Å². The highest BCUT2D eigenvalue weighted by Crippen LogP contribution is 2.32. The van der Waals surface area contributed by atoms with E-state index < -0.39 is 15.9 Å². The second-order valence-electron chi connectivity index (χ2n) is 8.90. The molecule has 0 spiro atoms. The zero-order valence-corrected chi connectivity index (χ0v) is 20.2. The molecule has 6 nitrogen and oxygen atoms in total. The van der Waals surface area contributed by atoms with Gasteiger partial charge in [0.25, 0.3) is 5.91 Å². The number of fused-ring (bicyclic) bond motifs is 1. The molecule has 32 heavy (non-hydrogen) atoms. The lowest BCUT2D eigenvalue weighted by atomic mass is 9.94. The van der Waals surface area contributed by atoms with E-state index in [0.29, 0.717) is 52.2 Å². The molecular weight excluding hydrogens is 448 g/mol. The first-order chi connectivity index (χ1) is 15.1. The van der Waals surface area contributed by atoms with Crippen molar-refractivity contribution >= 4 is 44.2 Å². The minimum atomic E-state index is -3.63. The largest absolute Gasteiger partial charge is 0.451 e. The predicted molar refractivity (Wildman–Crippen MR) is 127 cm³/mol. The highest BCUT2D eigenvalue weighted by molar-refractivity contribution is 7.89. The van der Waals surface area contributed by atoms with Gasteiger partial charge in [0.05, 0.1) is 4.90 Å². The number of nitrogens with zero attached hydrogens (tertiary/aromatic N) is 1. The monoisotopic (exact) mass is 474 g/mol. The third-order valence-electron chi connectivity index (χ3n) is 6.03. The molecule has 0 aliphatic carbocycles. The molecule has 170 valence electrons. The Morgan fingerprint density at radius 3 is 2.47 bits per heavy atom. The lowest BCUT2D eigenvalue weighted by Crippen LogP contribution is -2.42. The third-order valence-corrected chi connectivity index (χ3v) is 8.10. The van der Waals surface area contributed by atoms with Crippen molar-refractivity contribution in [2.24, 2.45) is 11.8 Å². The Labute approximate surface area is 193 Å². The summed E-state index contributed by atoms with van der Waals surface area (Å²) in [6, 6.07) is 10.0. The van der Waals surface area contributed by atoms with Crippen molar-refractivity contribution in [1.29, 1.82) is 0 Å². The van der Waals surface area contributed by atoms with Crippen LogP contribution in [0.4, 0.5) is 5.69 Å². The molecule has 2 heterocycles. The number of carbonyl (C=O) groups excluding carboxylic acids is 1. The zero-order valence-electron chi connectivity index (χ0n) is 18.6. The molecule has 1 saturated heterocycles. The number of amides is 1. The van der Waals surface area contributed by atoms with Crippen molar-refractivity contribution < 1.29 is 17.6 Å². The molecule has 1 aromatic heterocycles. The molecule has 0 bridgehead atoms. The van der Waals surface area contributed by atoms with E-state index in [0.717, 1.165) is 12.0 Å². The molecule has 1 N–H and O–H groups in total. The quantitative estimate of drug-likeness (QED) is 0.532. The summed E-state index contributed by atoms with van der Waals surface area (Å²) in [5.74, 6) is 0.373. The fourth-order valence-corrected chi connectivity index (χ4v) is 6.31. The Kier molecular flexibility index (Phi) is 6.09. The molecular formula is C24H27ClN2O4S. The number of aryl methyl sites for hydroxylation is 2. The number of benzene rings is 2. The lowest BCUT2D eigenvalue weighted by Gasteiger charge is -2.34. The Morgan fingerprint density at radius 1 is 1.09 bits per heavy atom. The van der Waals surface area contributed by atoms with Gasteiger partial charge in [-0.05, 0) is 68.0 Å². The van der Waals surface area contributed by atoms with E-state index in [1.165, 1.54) is 0 Å². The smallest absolute Gasteiger partial charge is 0.291 e. The molecule has 0 radical (unpaired) electrons. The molecule has 1 aliphatic rings. The Bertz CT molecular complexity index is 1290. The molecule has 1 fully saturated rings. The lowest BCUT2D eigenvalue weighted by molar-refractivity contribution is 0.0998. The number of hydrogen-bond acceptors (Lipinski definition) is 4. The summed E-state index contributed by atoms with van der Waals surface area (Å²) >= 11 is 6.05. The van der Waals surface area contributed by atoms with E-state index in [-0.39, 0.29) is 10.7 Å². The third kappa shape index (κ3) is 4.29. The summed E-state index contributed by atoms with van der Waals surface area (Å²) in [7, 11) is -3.63. The summed E-state index contributed by atoms with van der Waals surface area (Å²) < 4.78 is 33.9. The van der Waals surface area contributed by atoms with Crippen molar-refractivity contribution in [2.75, 3.05) is 18.4 Å². The van der Waals surface area contributed by atoms with E-state index in [2.05, 4.69) is 19.2 Å². The van der Waals surface area contributed by atoms with Crippen LogP contribution in [0.25, 0.3) is 11.0 Å². The van der Waals surface area contributed by atoms with Crippen LogP contribution in [0.2, 0.25) is 5.02 Å². The standard InChI is InChI=1S/C24H27ClN2O4S/c1-14-9-15(2)13-27(12-14)32(29,30)19-7-8-22-20(11-19)17(4)23(31-22)24(28)26-21-10-18(25)6-5-16(21)3/h5-8,10-11,14-15H,9,12-13H2,1-4H3,(H,26,28). The van der Waals surface area contributed by atoms with E-state index in [4.69, 9.17) is 16.0 Å².